The number of carbonyl (C=O) groups is 1. The predicted octanol–water partition coefficient (Wildman–Crippen LogP) is 6.48. The summed E-state index contributed by atoms with van der Waals surface area (Å²) in [4.78, 5) is 15.1. The van der Waals surface area contributed by atoms with Crippen molar-refractivity contribution in [2.75, 3.05) is 0 Å². The average molecular weight is 444 g/mol. The van der Waals surface area contributed by atoms with Gasteiger partial charge in [-0.15, -0.1) is 5.10 Å². The van der Waals surface area contributed by atoms with Crippen LogP contribution in [0, 0.1) is 13.8 Å². The second-order valence-electron chi connectivity index (χ2n) is 8.30. The molecule has 0 spiro atoms. The molecule has 0 radical (unpaired) electrons. The van der Waals surface area contributed by atoms with Crippen molar-refractivity contribution < 1.29 is 4.79 Å². The fourth-order valence-corrected chi connectivity index (χ4v) is 5.16. The number of fused-ring (bicyclic) bond motifs is 1. The third kappa shape index (κ3) is 4.94. The molecule has 1 fully saturated rings. The Labute approximate surface area is 194 Å². The van der Waals surface area contributed by atoms with Gasteiger partial charge >= 0.3 is 0 Å². The van der Waals surface area contributed by atoms with E-state index in [1.807, 2.05) is 17.0 Å². The van der Waals surface area contributed by atoms with Crippen molar-refractivity contribution in [1.29, 1.82) is 0 Å². The Kier molecular flexibility index (Phi) is 7.05. The van der Waals surface area contributed by atoms with E-state index in [0.717, 1.165) is 36.0 Å². The summed E-state index contributed by atoms with van der Waals surface area (Å²) in [6.45, 7) is 6.81. The van der Waals surface area contributed by atoms with E-state index in [1.54, 1.807) is 18.0 Å². The molecule has 164 valence electrons. The number of unbranched alkanes of at least 4 members (excludes halogenated alkanes) is 1. The maximum atomic E-state index is 13.3. The molecule has 4 rings (SSSR count). The van der Waals surface area contributed by atoms with Crippen LogP contribution in [0.2, 0.25) is 0 Å². The minimum atomic E-state index is -0.0833. The molecule has 0 unspecified atom stereocenters. The fraction of sp³-hybridized carbons (Fsp3) is 0.296. The highest BCUT2D eigenvalue weighted by Gasteiger charge is 2.37. The van der Waals surface area contributed by atoms with Crippen LogP contribution in [0.3, 0.4) is 0 Å². The van der Waals surface area contributed by atoms with Gasteiger partial charge in [-0.1, -0.05) is 97.8 Å². The maximum absolute atomic E-state index is 13.3. The van der Waals surface area contributed by atoms with Crippen molar-refractivity contribution in [3.63, 3.8) is 0 Å². The molecule has 0 bridgehead atoms. The van der Waals surface area contributed by atoms with E-state index in [1.165, 1.54) is 16.3 Å². The first kappa shape index (κ1) is 22.3. The number of aryl methyl sites for hydroxylation is 2. The first-order chi connectivity index (χ1) is 15.6. The molecule has 4 nitrogen and oxygen atoms in total. The molecule has 0 saturated carbocycles. The molecule has 1 heterocycles. The van der Waals surface area contributed by atoms with Crippen molar-refractivity contribution in [1.82, 2.24) is 4.90 Å². The van der Waals surface area contributed by atoms with Gasteiger partial charge in [0, 0.05) is 0 Å². The summed E-state index contributed by atoms with van der Waals surface area (Å²) in [5.74, 6) is 0.136. The van der Waals surface area contributed by atoms with Crippen LogP contribution in [0.25, 0.3) is 10.8 Å². The molecule has 0 aromatic heterocycles. The van der Waals surface area contributed by atoms with Crippen LogP contribution in [0.15, 0.2) is 70.9 Å². The Bertz CT molecular complexity index is 1180. The number of benzene rings is 3. The van der Waals surface area contributed by atoms with E-state index in [4.69, 9.17) is 0 Å². The summed E-state index contributed by atoms with van der Waals surface area (Å²) in [6, 6.07) is 20.8. The van der Waals surface area contributed by atoms with Gasteiger partial charge in [-0.25, -0.2) is 0 Å². The molecule has 3 aromatic rings. The number of hydrogen-bond donors (Lipinski definition) is 0. The summed E-state index contributed by atoms with van der Waals surface area (Å²) in [5.41, 5.74) is 4.55. The molecule has 1 aliphatic heterocycles. The number of carbonyl (C=O) groups excluding carboxylic acids is 1. The second-order valence-corrected chi connectivity index (χ2v) is 9.47. The van der Waals surface area contributed by atoms with E-state index in [2.05, 4.69) is 79.5 Å². The Hall–Kier alpha value is -2.92. The minimum Gasteiger partial charge on any atom is -0.284 e. The number of nitrogens with zero attached hydrogens (tertiary/aromatic N) is 3. The lowest BCUT2D eigenvalue weighted by Crippen LogP contribution is -2.31. The normalized spacial score (nSPS) is 17.8. The van der Waals surface area contributed by atoms with E-state index < -0.39 is 0 Å². The van der Waals surface area contributed by atoms with Crippen LogP contribution in [-0.2, 0) is 11.3 Å². The highest BCUT2D eigenvalue weighted by atomic mass is 32.2. The Morgan fingerprint density at radius 2 is 1.88 bits per heavy atom. The van der Waals surface area contributed by atoms with Gasteiger partial charge in [0.1, 0.15) is 0 Å². The zero-order chi connectivity index (χ0) is 22.5. The highest BCUT2D eigenvalue weighted by molar-refractivity contribution is 8.15. The molecule has 32 heavy (non-hydrogen) atoms. The number of amides is 1. The van der Waals surface area contributed by atoms with Crippen molar-refractivity contribution >= 4 is 39.8 Å². The molecule has 1 saturated heterocycles. The Morgan fingerprint density at radius 3 is 2.69 bits per heavy atom. The van der Waals surface area contributed by atoms with Crippen molar-refractivity contribution in [3.05, 3.63) is 82.9 Å². The quantitative estimate of drug-likeness (QED) is 0.310. The van der Waals surface area contributed by atoms with Crippen LogP contribution in [0.5, 0.6) is 0 Å². The lowest BCUT2D eigenvalue weighted by atomic mass is 10.0. The third-order valence-electron chi connectivity index (χ3n) is 5.81. The smallest absolute Gasteiger partial charge is 0.242 e. The standard InChI is InChI=1S/C27H29N3OS/c1-4-5-13-25-26(31)30(18-23-11-8-10-21-9-6-7-12-24(21)23)27(32-25)29-28-17-22-15-14-19(2)16-20(22)3/h6-12,14-17,25H,4-5,13,18H2,1-3H3/b28-17-,29-27+/t25-/m1/s1. The van der Waals surface area contributed by atoms with E-state index in [0.29, 0.717) is 11.7 Å². The zero-order valence-electron chi connectivity index (χ0n) is 18.9. The van der Waals surface area contributed by atoms with Gasteiger partial charge in [-0.05, 0) is 47.7 Å². The van der Waals surface area contributed by atoms with Crippen molar-refractivity contribution in [3.8, 4) is 0 Å². The highest BCUT2D eigenvalue weighted by Crippen LogP contribution is 2.33. The maximum Gasteiger partial charge on any atom is 0.242 e. The van der Waals surface area contributed by atoms with Crippen LogP contribution >= 0.6 is 11.8 Å². The molecular weight excluding hydrogens is 414 g/mol. The number of thioether (sulfide) groups is 1. The van der Waals surface area contributed by atoms with Crippen LogP contribution < -0.4 is 0 Å². The number of rotatable bonds is 7. The van der Waals surface area contributed by atoms with Crippen LogP contribution in [-0.4, -0.2) is 27.4 Å². The van der Waals surface area contributed by atoms with E-state index in [9.17, 15) is 4.79 Å². The van der Waals surface area contributed by atoms with Crippen molar-refractivity contribution in [2.24, 2.45) is 10.2 Å². The molecular formula is C27H29N3OS. The molecule has 1 amide bonds. The van der Waals surface area contributed by atoms with E-state index in [-0.39, 0.29) is 11.2 Å². The van der Waals surface area contributed by atoms with Gasteiger partial charge in [-0.2, -0.15) is 5.10 Å². The lowest BCUT2D eigenvalue weighted by Gasteiger charge is -2.17. The van der Waals surface area contributed by atoms with Crippen LogP contribution in [0.4, 0.5) is 0 Å². The molecule has 0 aliphatic carbocycles. The summed E-state index contributed by atoms with van der Waals surface area (Å²) >= 11 is 1.55. The van der Waals surface area contributed by atoms with Gasteiger partial charge in [0.15, 0.2) is 5.17 Å². The summed E-state index contributed by atoms with van der Waals surface area (Å²) in [6.07, 6.45) is 4.75. The minimum absolute atomic E-state index is 0.0833. The van der Waals surface area contributed by atoms with Gasteiger partial charge in [0.25, 0.3) is 0 Å². The van der Waals surface area contributed by atoms with Gasteiger partial charge < -0.3 is 0 Å². The SMILES string of the molecule is CCCC[C@H]1S/C(=N/N=C\c2ccc(C)cc2C)N(Cc2cccc3ccccc23)C1=O. The predicted molar refractivity (Wildman–Crippen MR) is 136 cm³/mol. The van der Waals surface area contributed by atoms with Crippen molar-refractivity contribution in [2.45, 2.75) is 51.8 Å². The first-order valence-corrected chi connectivity index (χ1v) is 12.1. The number of hydrogen-bond acceptors (Lipinski definition) is 4. The topological polar surface area (TPSA) is 45.0 Å². The fourth-order valence-electron chi connectivity index (χ4n) is 4.02. The molecule has 0 N–H and O–H groups in total. The summed E-state index contributed by atoms with van der Waals surface area (Å²) in [5, 5.41) is 11.8. The summed E-state index contributed by atoms with van der Waals surface area (Å²) < 4.78 is 0. The lowest BCUT2D eigenvalue weighted by molar-refractivity contribution is -0.126. The van der Waals surface area contributed by atoms with E-state index >= 15 is 0 Å². The van der Waals surface area contributed by atoms with Gasteiger partial charge in [-0.3, -0.25) is 9.69 Å². The van der Waals surface area contributed by atoms with Gasteiger partial charge in [0.05, 0.1) is 18.0 Å². The molecule has 1 aliphatic rings. The summed E-state index contributed by atoms with van der Waals surface area (Å²) in [7, 11) is 0. The van der Waals surface area contributed by atoms with Crippen LogP contribution in [0.1, 0.15) is 48.4 Å². The zero-order valence-corrected chi connectivity index (χ0v) is 19.7. The third-order valence-corrected chi connectivity index (χ3v) is 7.05. The Balaban J connectivity index is 1.62. The average Bonchev–Trinajstić information content (AvgIpc) is 3.08. The second kappa shape index (κ2) is 10.1. The molecule has 3 aromatic carbocycles. The molecule has 1 atom stereocenters. The molecule has 5 heteroatoms. The largest absolute Gasteiger partial charge is 0.284 e. The number of amidine groups is 1. The first-order valence-electron chi connectivity index (χ1n) is 11.2. The Morgan fingerprint density at radius 1 is 1.06 bits per heavy atom. The van der Waals surface area contributed by atoms with Gasteiger partial charge in [0.2, 0.25) is 5.91 Å². The monoisotopic (exact) mass is 443 g/mol.